The summed E-state index contributed by atoms with van der Waals surface area (Å²) in [7, 11) is -3.72. The molecule has 3 unspecified atom stereocenters. The molecule has 2 aromatic rings. The van der Waals surface area contributed by atoms with Crippen molar-refractivity contribution >= 4 is 34.8 Å². The minimum Gasteiger partial charge on any atom is -0.444 e. The van der Waals surface area contributed by atoms with Crippen molar-refractivity contribution in [1.29, 1.82) is 0 Å². The molecule has 1 aliphatic heterocycles. The first-order chi connectivity index (χ1) is 18.5. The van der Waals surface area contributed by atoms with Crippen LogP contribution in [0.4, 0.5) is 10.5 Å². The lowest BCUT2D eigenvalue weighted by Gasteiger charge is -2.27. The average molecular weight is 588 g/mol. The van der Waals surface area contributed by atoms with Crippen molar-refractivity contribution in [3.8, 4) is 0 Å². The minimum atomic E-state index is -4.72. The quantitative estimate of drug-likeness (QED) is 0.131. The molecule has 3 rings (SSSR count). The van der Waals surface area contributed by atoms with Gasteiger partial charge in [0.05, 0.1) is 19.3 Å². The van der Waals surface area contributed by atoms with E-state index < -0.39 is 28.6 Å². The number of aliphatic hydroxyl groups is 1. The van der Waals surface area contributed by atoms with E-state index in [1.54, 1.807) is 0 Å². The molecule has 0 radical (unpaired) electrons. The maximum atomic E-state index is 12.4. The molecule has 1 fully saturated rings. The standard InChI is InChI=1S/C19H30N2O7S.C6H7NS.CH4O/c1-14(2)11-20-12-18(28-29(23,24)25)17(10-15-6-4-3-5-7-15)21-19(22)27-16-8-9-26-13-16;7-5-1-3-6(8)4-2-5;1-2/h3-7,14,16-18,20H,8-13H2,1-2H3,(H,21,22)(H,23,24,25);1-4,8H,7H2;2H,1H3. The molecule has 220 valence electrons. The Balaban J connectivity index is 0.000000641. The molecule has 2 aromatic carbocycles. The van der Waals surface area contributed by atoms with Gasteiger partial charge in [0.1, 0.15) is 12.2 Å². The highest BCUT2D eigenvalue weighted by Crippen LogP contribution is 2.13. The van der Waals surface area contributed by atoms with Crippen LogP contribution in [0.15, 0.2) is 59.5 Å². The van der Waals surface area contributed by atoms with Gasteiger partial charge in [-0.25, -0.2) is 8.98 Å². The normalized spacial score (nSPS) is 16.2. The molecule has 0 aliphatic carbocycles. The Hall–Kier alpha value is -2.39. The maximum Gasteiger partial charge on any atom is 0.407 e. The third kappa shape index (κ3) is 16.3. The summed E-state index contributed by atoms with van der Waals surface area (Å²) in [5.74, 6) is 0.328. The van der Waals surface area contributed by atoms with E-state index in [4.69, 9.17) is 24.5 Å². The van der Waals surface area contributed by atoms with Gasteiger partial charge in [0.15, 0.2) is 0 Å². The summed E-state index contributed by atoms with van der Waals surface area (Å²) in [5.41, 5.74) is 7.04. The van der Waals surface area contributed by atoms with Crippen molar-refractivity contribution in [2.45, 2.75) is 49.8 Å². The monoisotopic (exact) mass is 587 g/mol. The van der Waals surface area contributed by atoms with Crippen LogP contribution in [-0.2, 0) is 30.5 Å². The molecule has 11 nitrogen and oxygen atoms in total. The minimum absolute atomic E-state index is 0.113. The number of nitrogens with two attached hydrogens (primary N) is 1. The number of anilines is 1. The van der Waals surface area contributed by atoms with Crippen molar-refractivity contribution in [1.82, 2.24) is 10.6 Å². The van der Waals surface area contributed by atoms with Crippen LogP contribution in [0.5, 0.6) is 0 Å². The number of aliphatic hydroxyl groups excluding tert-OH is 1. The van der Waals surface area contributed by atoms with Crippen molar-refractivity contribution in [3.05, 3.63) is 60.2 Å². The molecule has 1 aliphatic rings. The lowest BCUT2D eigenvalue weighted by molar-refractivity contribution is 0.0715. The molecule has 3 atom stereocenters. The molecule has 0 bridgehead atoms. The van der Waals surface area contributed by atoms with Crippen molar-refractivity contribution < 1.29 is 36.5 Å². The van der Waals surface area contributed by atoms with Crippen LogP contribution >= 0.6 is 12.6 Å². The molecular weight excluding hydrogens is 546 g/mol. The van der Waals surface area contributed by atoms with Gasteiger partial charge in [-0.05, 0) is 48.7 Å². The SMILES string of the molecule is CC(C)CNCC(OS(=O)(=O)O)C(Cc1ccccc1)NC(=O)OC1CCOC1.CO.Nc1ccc(S)cc1. The van der Waals surface area contributed by atoms with E-state index >= 15 is 0 Å². The zero-order valence-electron chi connectivity index (χ0n) is 22.5. The number of rotatable bonds is 11. The average Bonchev–Trinajstić information content (AvgIpc) is 3.39. The largest absolute Gasteiger partial charge is 0.444 e. The number of thiol groups is 1. The Morgan fingerprint density at radius 2 is 1.77 bits per heavy atom. The Kier molecular flexibility index (Phi) is 16.7. The zero-order valence-corrected chi connectivity index (χ0v) is 24.2. The first-order valence-corrected chi connectivity index (χ1v) is 14.3. The lowest BCUT2D eigenvalue weighted by Crippen LogP contribution is -2.51. The maximum absolute atomic E-state index is 12.4. The Bertz CT molecular complexity index is 1010. The van der Waals surface area contributed by atoms with E-state index in [0.29, 0.717) is 38.5 Å². The summed E-state index contributed by atoms with van der Waals surface area (Å²) in [6.07, 6.45) is -1.16. The van der Waals surface area contributed by atoms with Gasteiger partial charge in [0.2, 0.25) is 0 Å². The fraction of sp³-hybridized carbons (Fsp3) is 0.500. The predicted molar refractivity (Wildman–Crippen MR) is 153 cm³/mol. The van der Waals surface area contributed by atoms with Gasteiger partial charge in [-0.3, -0.25) is 4.55 Å². The smallest absolute Gasteiger partial charge is 0.407 e. The summed E-state index contributed by atoms with van der Waals surface area (Å²) < 4.78 is 47.5. The summed E-state index contributed by atoms with van der Waals surface area (Å²) >= 11 is 4.08. The number of nitrogens with one attached hydrogen (secondary N) is 2. The molecule has 39 heavy (non-hydrogen) atoms. The molecule has 1 saturated heterocycles. The number of carbonyl (C=O) groups excluding carboxylic acids is 1. The molecule has 1 heterocycles. The Morgan fingerprint density at radius 3 is 2.28 bits per heavy atom. The first kappa shape index (κ1) is 34.6. The van der Waals surface area contributed by atoms with Crippen LogP contribution in [0.1, 0.15) is 25.8 Å². The summed E-state index contributed by atoms with van der Waals surface area (Å²) in [6, 6.07) is 15.9. The summed E-state index contributed by atoms with van der Waals surface area (Å²) in [4.78, 5) is 13.3. The van der Waals surface area contributed by atoms with Crippen molar-refractivity contribution in [2.75, 3.05) is 39.1 Å². The van der Waals surface area contributed by atoms with Gasteiger partial charge < -0.3 is 30.9 Å². The van der Waals surface area contributed by atoms with Crippen LogP contribution in [0.2, 0.25) is 0 Å². The number of hydrogen-bond donors (Lipinski definition) is 6. The molecular formula is C26H41N3O8S2. The number of nitrogen functional groups attached to an aromatic ring is 1. The number of hydrogen-bond acceptors (Lipinski definition) is 10. The number of carbonyl (C=O) groups is 1. The number of ether oxygens (including phenoxy) is 2. The van der Waals surface area contributed by atoms with Crippen LogP contribution in [-0.4, -0.2) is 75.8 Å². The highest BCUT2D eigenvalue weighted by atomic mass is 32.3. The number of alkyl carbamates (subject to hydrolysis) is 1. The van der Waals surface area contributed by atoms with Crippen LogP contribution in [0, 0.1) is 5.92 Å². The van der Waals surface area contributed by atoms with Gasteiger partial charge in [0.25, 0.3) is 0 Å². The second kappa shape index (κ2) is 18.8. The molecule has 0 saturated carbocycles. The second-order valence-corrected chi connectivity index (χ2v) is 10.6. The predicted octanol–water partition coefficient (Wildman–Crippen LogP) is 2.71. The topological polar surface area (TPSA) is 169 Å². The highest BCUT2D eigenvalue weighted by Gasteiger charge is 2.30. The van der Waals surface area contributed by atoms with Gasteiger partial charge in [0, 0.05) is 30.7 Å². The van der Waals surface area contributed by atoms with Gasteiger partial charge >= 0.3 is 16.5 Å². The van der Waals surface area contributed by atoms with Crippen molar-refractivity contribution in [2.24, 2.45) is 5.92 Å². The van der Waals surface area contributed by atoms with Crippen LogP contribution in [0.3, 0.4) is 0 Å². The third-order valence-corrected chi connectivity index (χ3v) is 6.04. The van der Waals surface area contributed by atoms with E-state index in [9.17, 15) is 17.8 Å². The Morgan fingerprint density at radius 1 is 1.13 bits per heavy atom. The van der Waals surface area contributed by atoms with Crippen LogP contribution < -0.4 is 16.4 Å². The fourth-order valence-electron chi connectivity index (χ4n) is 3.47. The Labute approximate surface area is 236 Å². The first-order valence-electron chi connectivity index (χ1n) is 12.5. The molecule has 1 amide bonds. The van der Waals surface area contributed by atoms with E-state index in [1.807, 2.05) is 68.4 Å². The summed E-state index contributed by atoms with van der Waals surface area (Å²) in [5, 5.41) is 12.8. The second-order valence-electron chi connectivity index (χ2n) is 9.04. The van der Waals surface area contributed by atoms with E-state index in [0.717, 1.165) is 23.3 Å². The van der Waals surface area contributed by atoms with Crippen molar-refractivity contribution in [3.63, 3.8) is 0 Å². The number of amides is 1. The van der Waals surface area contributed by atoms with Gasteiger partial charge in [-0.15, -0.1) is 12.6 Å². The van der Waals surface area contributed by atoms with E-state index in [2.05, 4.69) is 23.3 Å². The van der Waals surface area contributed by atoms with E-state index in [-0.39, 0.29) is 12.6 Å². The third-order valence-electron chi connectivity index (χ3n) is 5.25. The van der Waals surface area contributed by atoms with Crippen LogP contribution in [0.25, 0.3) is 0 Å². The molecule has 0 spiro atoms. The summed E-state index contributed by atoms with van der Waals surface area (Å²) in [6.45, 7) is 5.60. The zero-order chi connectivity index (χ0) is 29.3. The molecule has 6 N–H and O–H groups in total. The molecule has 13 heteroatoms. The van der Waals surface area contributed by atoms with E-state index in [1.165, 1.54) is 0 Å². The lowest BCUT2D eigenvalue weighted by atomic mass is 10.0. The fourth-order valence-corrected chi connectivity index (χ4v) is 4.14. The number of benzene rings is 2. The van der Waals surface area contributed by atoms with Gasteiger partial charge in [-0.1, -0.05) is 44.2 Å². The highest BCUT2D eigenvalue weighted by molar-refractivity contribution is 7.81. The van der Waals surface area contributed by atoms with Gasteiger partial charge in [-0.2, -0.15) is 8.42 Å². The molecule has 0 aromatic heterocycles.